The monoisotopic (exact) mass is 267 g/mol. The van der Waals surface area contributed by atoms with Gasteiger partial charge < -0.3 is 10.1 Å². The number of hydrogen-bond acceptors (Lipinski definition) is 2. The van der Waals surface area contributed by atoms with E-state index in [0.717, 1.165) is 6.54 Å². The summed E-state index contributed by atoms with van der Waals surface area (Å²) in [5.74, 6) is 0.943. The Hall–Kier alpha value is -1.09. The summed E-state index contributed by atoms with van der Waals surface area (Å²) in [5.41, 5.74) is 0.775. The van der Waals surface area contributed by atoms with Crippen LogP contribution in [-0.4, -0.2) is 13.7 Å². The third-order valence-electron chi connectivity index (χ3n) is 4.09. The van der Waals surface area contributed by atoms with Crippen LogP contribution in [0.2, 0.25) is 0 Å². The molecule has 0 bridgehead atoms. The van der Waals surface area contributed by atoms with Gasteiger partial charge in [0.1, 0.15) is 11.6 Å². The summed E-state index contributed by atoms with van der Waals surface area (Å²) in [4.78, 5) is 0. The maximum absolute atomic E-state index is 13.9. The molecule has 1 N–H and O–H groups in total. The SMILES string of the molecule is COc1cccc(F)c1C(C)NCC(C)(C)C(C)C. The van der Waals surface area contributed by atoms with E-state index in [4.69, 9.17) is 4.74 Å². The molecule has 0 aliphatic carbocycles. The molecule has 2 nitrogen and oxygen atoms in total. The molecule has 1 aromatic rings. The average molecular weight is 267 g/mol. The van der Waals surface area contributed by atoms with E-state index in [2.05, 4.69) is 33.0 Å². The van der Waals surface area contributed by atoms with Crippen molar-refractivity contribution in [2.45, 2.75) is 40.7 Å². The van der Waals surface area contributed by atoms with Crippen LogP contribution in [0, 0.1) is 17.2 Å². The Morgan fingerprint density at radius 2 is 1.89 bits per heavy atom. The molecule has 0 aliphatic rings. The molecule has 3 heteroatoms. The van der Waals surface area contributed by atoms with Gasteiger partial charge in [0.05, 0.1) is 7.11 Å². The van der Waals surface area contributed by atoms with Gasteiger partial charge in [0.15, 0.2) is 0 Å². The molecule has 0 radical (unpaired) electrons. The molecule has 1 atom stereocenters. The first kappa shape index (κ1) is 16.0. The molecule has 108 valence electrons. The predicted octanol–water partition coefficient (Wildman–Crippen LogP) is 4.17. The van der Waals surface area contributed by atoms with E-state index in [0.29, 0.717) is 17.2 Å². The van der Waals surface area contributed by atoms with Gasteiger partial charge in [-0.15, -0.1) is 0 Å². The van der Waals surface area contributed by atoms with Crippen LogP contribution in [0.25, 0.3) is 0 Å². The highest BCUT2D eigenvalue weighted by Crippen LogP contribution is 2.30. The Balaban J connectivity index is 2.82. The Labute approximate surface area is 116 Å². The maximum atomic E-state index is 13.9. The second-order valence-corrected chi connectivity index (χ2v) is 6.10. The zero-order valence-electron chi connectivity index (χ0n) is 12.9. The lowest BCUT2D eigenvalue weighted by atomic mass is 9.81. The molecule has 0 heterocycles. The van der Waals surface area contributed by atoms with E-state index in [1.165, 1.54) is 6.07 Å². The molecule has 1 rings (SSSR count). The lowest BCUT2D eigenvalue weighted by Gasteiger charge is -2.31. The minimum atomic E-state index is -0.221. The summed E-state index contributed by atoms with van der Waals surface area (Å²) < 4.78 is 19.2. The zero-order chi connectivity index (χ0) is 14.6. The van der Waals surface area contributed by atoms with E-state index < -0.39 is 0 Å². The van der Waals surface area contributed by atoms with Gasteiger partial charge in [-0.2, -0.15) is 0 Å². The van der Waals surface area contributed by atoms with Crippen molar-refractivity contribution >= 4 is 0 Å². The summed E-state index contributed by atoms with van der Waals surface area (Å²) in [6, 6.07) is 4.87. The molecule has 1 aromatic carbocycles. The molecule has 0 saturated heterocycles. The van der Waals surface area contributed by atoms with Crippen LogP contribution in [0.5, 0.6) is 5.75 Å². The van der Waals surface area contributed by atoms with Crippen molar-refractivity contribution in [2.75, 3.05) is 13.7 Å². The van der Waals surface area contributed by atoms with Crippen LogP contribution in [0.1, 0.15) is 46.2 Å². The first-order chi connectivity index (χ1) is 8.79. The van der Waals surface area contributed by atoms with Crippen molar-refractivity contribution in [3.05, 3.63) is 29.6 Å². The van der Waals surface area contributed by atoms with Crippen LogP contribution in [0.4, 0.5) is 4.39 Å². The third kappa shape index (κ3) is 3.93. The number of ether oxygens (including phenoxy) is 1. The van der Waals surface area contributed by atoms with Gasteiger partial charge in [0, 0.05) is 18.2 Å². The fourth-order valence-corrected chi connectivity index (χ4v) is 1.84. The highest BCUT2D eigenvalue weighted by molar-refractivity contribution is 5.36. The first-order valence-corrected chi connectivity index (χ1v) is 6.85. The molecular formula is C16H26FNO. The lowest BCUT2D eigenvalue weighted by molar-refractivity contribution is 0.229. The van der Waals surface area contributed by atoms with Crippen molar-refractivity contribution in [2.24, 2.45) is 11.3 Å². The molecule has 19 heavy (non-hydrogen) atoms. The number of hydrogen-bond donors (Lipinski definition) is 1. The minimum absolute atomic E-state index is 0.0748. The molecular weight excluding hydrogens is 241 g/mol. The van der Waals surface area contributed by atoms with Crippen molar-refractivity contribution < 1.29 is 9.13 Å². The van der Waals surface area contributed by atoms with Crippen LogP contribution in [0.3, 0.4) is 0 Å². The smallest absolute Gasteiger partial charge is 0.131 e. The highest BCUT2D eigenvalue weighted by atomic mass is 19.1. The molecule has 0 aromatic heterocycles. The topological polar surface area (TPSA) is 21.3 Å². The number of rotatable bonds is 6. The number of nitrogens with one attached hydrogen (secondary N) is 1. The summed E-state index contributed by atoms with van der Waals surface area (Å²) in [6.07, 6.45) is 0. The van der Waals surface area contributed by atoms with Crippen LogP contribution >= 0.6 is 0 Å². The molecule has 0 saturated carbocycles. The fraction of sp³-hybridized carbons (Fsp3) is 0.625. The van der Waals surface area contributed by atoms with E-state index in [1.807, 2.05) is 6.92 Å². The Kier molecular flexibility index (Phi) is 5.36. The number of benzene rings is 1. The number of halogens is 1. The van der Waals surface area contributed by atoms with Gasteiger partial charge in [-0.1, -0.05) is 33.8 Å². The average Bonchev–Trinajstić information content (AvgIpc) is 2.35. The zero-order valence-corrected chi connectivity index (χ0v) is 12.9. The van der Waals surface area contributed by atoms with Crippen LogP contribution in [0.15, 0.2) is 18.2 Å². The van der Waals surface area contributed by atoms with E-state index in [1.54, 1.807) is 19.2 Å². The molecule has 1 unspecified atom stereocenters. The van der Waals surface area contributed by atoms with Crippen molar-refractivity contribution in [3.8, 4) is 5.75 Å². The fourth-order valence-electron chi connectivity index (χ4n) is 1.84. The molecule has 0 fully saturated rings. The summed E-state index contributed by atoms with van der Waals surface area (Å²) in [5, 5.41) is 3.42. The lowest BCUT2D eigenvalue weighted by Crippen LogP contribution is -2.35. The van der Waals surface area contributed by atoms with Crippen molar-refractivity contribution in [3.63, 3.8) is 0 Å². The van der Waals surface area contributed by atoms with Crippen molar-refractivity contribution in [1.82, 2.24) is 5.32 Å². The molecule has 0 aliphatic heterocycles. The largest absolute Gasteiger partial charge is 0.496 e. The van der Waals surface area contributed by atoms with E-state index in [-0.39, 0.29) is 17.3 Å². The third-order valence-corrected chi connectivity index (χ3v) is 4.09. The van der Waals surface area contributed by atoms with Gasteiger partial charge in [-0.25, -0.2) is 4.39 Å². The van der Waals surface area contributed by atoms with Crippen LogP contribution in [-0.2, 0) is 0 Å². The quantitative estimate of drug-likeness (QED) is 0.835. The summed E-state index contributed by atoms with van der Waals surface area (Å²) in [7, 11) is 1.57. The van der Waals surface area contributed by atoms with Gasteiger partial charge >= 0.3 is 0 Å². The molecule has 0 amide bonds. The maximum Gasteiger partial charge on any atom is 0.131 e. The van der Waals surface area contributed by atoms with Gasteiger partial charge in [-0.05, 0) is 30.4 Å². The van der Waals surface area contributed by atoms with Gasteiger partial charge in [0.25, 0.3) is 0 Å². The number of methoxy groups -OCH3 is 1. The Bertz CT molecular complexity index is 415. The van der Waals surface area contributed by atoms with Crippen molar-refractivity contribution in [1.29, 1.82) is 0 Å². The van der Waals surface area contributed by atoms with Gasteiger partial charge in [-0.3, -0.25) is 0 Å². The Morgan fingerprint density at radius 3 is 2.42 bits per heavy atom. The highest BCUT2D eigenvalue weighted by Gasteiger charge is 2.24. The summed E-state index contributed by atoms with van der Waals surface area (Å²) in [6.45, 7) is 11.7. The first-order valence-electron chi connectivity index (χ1n) is 6.85. The normalized spacial score (nSPS) is 13.7. The summed E-state index contributed by atoms with van der Waals surface area (Å²) >= 11 is 0. The Morgan fingerprint density at radius 1 is 1.26 bits per heavy atom. The predicted molar refractivity (Wildman–Crippen MR) is 78.0 cm³/mol. The van der Waals surface area contributed by atoms with E-state index in [9.17, 15) is 4.39 Å². The van der Waals surface area contributed by atoms with Gasteiger partial charge in [0.2, 0.25) is 0 Å². The van der Waals surface area contributed by atoms with E-state index >= 15 is 0 Å². The van der Waals surface area contributed by atoms with Crippen LogP contribution < -0.4 is 10.1 Å². The molecule has 0 spiro atoms. The standard InChI is InChI=1S/C16H26FNO/c1-11(2)16(4,5)10-18-12(3)15-13(17)8-7-9-14(15)19-6/h7-9,11-12,18H,10H2,1-6H3. The minimum Gasteiger partial charge on any atom is -0.496 e. The second kappa shape index (κ2) is 6.38. The second-order valence-electron chi connectivity index (χ2n) is 6.10.